The highest BCUT2D eigenvalue weighted by molar-refractivity contribution is 5.98. The van der Waals surface area contributed by atoms with Gasteiger partial charge >= 0.3 is 0 Å². The van der Waals surface area contributed by atoms with Crippen LogP contribution in [0.4, 0.5) is 0 Å². The Morgan fingerprint density at radius 2 is 1.85 bits per heavy atom. The molecule has 2 fully saturated rings. The molecule has 0 radical (unpaired) electrons. The third kappa shape index (κ3) is 1.98. The van der Waals surface area contributed by atoms with Gasteiger partial charge in [-0.05, 0) is 86.2 Å². The maximum Gasteiger partial charge on any atom is 0.156 e. The van der Waals surface area contributed by atoms with Gasteiger partial charge in [0, 0.05) is 6.42 Å². The molecule has 0 spiro atoms. The van der Waals surface area contributed by atoms with E-state index >= 15 is 0 Å². The predicted molar refractivity (Wildman–Crippen MR) is 100 cm³/mol. The van der Waals surface area contributed by atoms with E-state index in [1.165, 1.54) is 11.1 Å². The number of hydrogen-bond donors (Lipinski definition) is 0. The molecular formula is C23H30O3. The van der Waals surface area contributed by atoms with Crippen LogP contribution in [0, 0.1) is 34.0 Å². The molecule has 0 bridgehead atoms. The average Bonchev–Trinajstić information content (AvgIpc) is 2.90. The van der Waals surface area contributed by atoms with Crippen LogP contribution in [-0.4, -0.2) is 17.9 Å². The number of carbonyl (C=O) groups excluding carboxylic acids is 3. The minimum atomic E-state index is -0.802. The molecule has 3 unspecified atom stereocenters. The maximum absolute atomic E-state index is 12.5. The summed E-state index contributed by atoms with van der Waals surface area (Å²) in [5, 5.41) is 0. The number of Topliss-reactive ketones (excluding diaryl/α,β-unsaturated/α-hetero) is 1. The van der Waals surface area contributed by atoms with Crippen LogP contribution in [-0.2, 0) is 14.4 Å². The van der Waals surface area contributed by atoms with Gasteiger partial charge in [-0.15, -0.1) is 0 Å². The van der Waals surface area contributed by atoms with Gasteiger partial charge in [0.25, 0.3) is 0 Å². The average molecular weight is 354 g/mol. The first-order chi connectivity index (χ1) is 12.2. The zero-order valence-corrected chi connectivity index (χ0v) is 16.4. The fourth-order valence-corrected chi connectivity index (χ4v) is 7.35. The summed E-state index contributed by atoms with van der Waals surface area (Å²) in [6.45, 7) is 8.27. The van der Waals surface area contributed by atoms with Crippen molar-refractivity contribution in [3.63, 3.8) is 0 Å². The van der Waals surface area contributed by atoms with Gasteiger partial charge in [-0.2, -0.15) is 0 Å². The van der Waals surface area contributed by atoms with Crippen molar-refractivity contribution in [2.24, 2.45) is 34.0 Å². The van der Waals surface area contributed by atoms with Crippen LogP contribution >= 0.6 is 0 Å². The molecule has 0 saturated heterocycles. The van der Waals surface area contributed by atoms with Crippen molar-refractivity contribution < 1.29 is 14.4 Å². The Morgan fingerprint density at radius 3 is 2.50 bits per heavy atom. The summed E-state index contributed by atoms with van der Waals surface area (Å²) in [6.07, 6.45) is 10.4. The van der Waals surface area contributed by atoms with Crippen molar-refractivity contribution in [3.05, 3.63) is 23.3 Å². The van der Waals surface area contributed by atoms with Crippen molar-refractivity contribution in [2.45, 2.75) is 66.2 Å². The van der Waals surface area contributed by atoms with E-state index in [1.54, 1.807) is 6.92 Å². The molecule has 0 N–H and O–H groups in total. The zero-order chi connectivity index (χ0) is 18.9. The van der Waals surface area contributed by atoms with E-state index in [2.05, 4.69) is 26.8 Å². The number of hydrogen-bond acceptors (Lipinski definition) is 3. The molecule has 0 aromatic carbocycles. The lowest BCUT2D eigenvalue weighted by Crippen LogP contribution is -2.54. The van der Waals surface area contributed by atoms with Crippen LogP contribution in [0.1, 0.15) is 66.2 Å². The highest BCUT2D eigenvalue weighted by atomic mass is 16.1. The Morgan fingerprint density at radius 1 is 1.15 bits per heavy atom. The van der Waals surface area contributed by atoms with Gasteiger partial charge in [0.2, 0.25) is 0 Å². The van der Waals surface area contributed by atoms with Gasteiger partial charge in [-0.25, -0.2) is 0 Å². The second-order valence-corrected chi connectivity index (χ2v) is 9.72. The van der Waals surface area contributed by atoms with Crippen LogP contribution in [0.2, 0.25) is 0 Å². The van der Waals surface area contributed by atoms with Crippen LogP contribution in [0.3, 0.4) is 0 Å². The lowest BCUT2D eigenvalue weighted by Gasteiger charge is -2.57. The van der Waals surface area contributed by atoms with Crippen LogP contribution < -0.4 is 0 Å². The smallest absolute Gasteiger partial charge is 0.156 e. The first kappa shape index (κ1) is 17.9. The van der Waals surface area contributed by atoms with E-state index in [0.717, 1.165) is 32.0 Å². The Labute approximate surface area is 156 Å². The molecular weight excluding hydrogens is 324 g/mol. The number of ketones is 2. The van der Waals surface area contributed by atoms with Crippen LogP contribution in [0.15, 0.2) is 23.3 Å². The molecule has 4 rings (SSSR count). The number of aldehydes is 1. The van der Waals surface area contributed by atoms with E-state index in [-0.39, 0.29) is 22.4 Å². The Balaban J connectivity index is 1.81. The van der Waals surface area contributed by atoms with Gasteiger partial charge in [-0.1, -0.05) is 25.5 Å². The minimum Gasteiger partial charge on any atom is -0.302 e. The number of rotatable bonds is 2. The topological polar surface area (TPSA) is 51.2 Å². The Bertz CT molecular complexity index is 759. The molecule has 3 nitrogen and oxygen atoms in total. The van der Waals surface area contributed by atoms with Gasteiger partial charge in [0.1, 0.15) is 12.1 Å². The molecule has 6 atom stereocenters. The first-order valence-corrected chi connectivity index (χ1v) is 10.1. The molecule has 0 aliphatic heterocycles. The molecule has 4 aliphatic carbocycles. The normalized spacial score (nSPS) is 47.2. The number of allylic oxidation sites excluding steroid dienone is 4. The van der Waals surface area contributed by atoms with Gasteiger partial charge in [0.15, 0.2) is 5.78 Å². The Hall–Kier alpha value is -1.51. The van der Waals surface area contributed by atoms with E-state index in [0.29, 0.717) is 30.6 Å². The SMILES string of the molecule is CC(=O)[C@@]1(C=O)CCC2C3C=C(C)C4=CC(=O)CC[C@]4(C)C3CC[C@@]21C. The zero-order valence-electron chi connectivity index (χ0n) is 16.4. The minimum absolute atomic E-state index is 0.0440. The predicted octanol–water partition coefficient (Wildman–Crippen LogP) is 4.46. The summed E-state index contributed by atoms with van der Waals surface area (Å²) in [6, 6.07) is 0. The largest absolute Gasteiger partial charge is 0.302 e. The lowest BCUT2D eigenvalue weighted by molar-refractivity contribution is -0.145. The molecule has 2 saturated carbocycles. The molecule has 140 valence electrons. The summed E-state index contributed by atoms with van der Waals surface area (Å²) in [4.78, 5) is 36.6. The molecule has 0 aromatic heterocycles. The van der Waals surface area contributed by atoms with Crippen molar-refractivity contribution in [1.29, 1.82) is 0 Å². The fourth-order valence-electron chi connectivity index (χ4n) is 7.35. The molecule has 3 heteroatoms. The summed E-state index contributed by atoms with van der Waals surface area (Å²) in [5.41, 5.74) is 1.49. The summed E-state index contributed by atoms with van der Waals surface area (Å²) in [5.74, 6) is 1.59. The molecule has 4 aliphatic rings. The van der Waals surface area contributed by atoms with Crippen molar-refractivity contribution >= 4 is 17.9 Å². The summed E-state index contributed by atoms with van der Waals surface area (Å²) >= 11 is 0. The fraction of sp³-hybridized carbons (Fsp3) is 0.696. The van der Waals surface area contributed by atoms with Gasteiger partial charge in [-0.3, -0.25) is 9.59 Å². The van der Waals surface area contributed by atoms with Crippen LogP contribution in [0.5, 0.6) is 0 Å². The van der Waals surface area contributed by atoms with E-state index in [9.17, 15) is 14.4 Å². The van der Waals surface area contributed by atoms with Crippen molar-refractivity contribution in [1.82, 2.24) is 0 Å². The second-order valence-electron chi connectivity index (χ2n) is 9.72. The quantitative estimate of drug-likeness (QED) is 0.543. The number of carbonyl (C=O) groups is 3. The maximum atomic E-state index is 12.5. The van der Waals surface area contributed by atoms with Crippen LogP contribution in [0.25, 0.3) is 0 Å². The molecule has 0 amide bonds. The molecule has 0 heterocycles. The van der Waals surface area contributed by atoms with E-state index in [4.69, 9.17) is 0 Å². The summed E-state index contributed by atoms with van der Waals surface area (Å²) in [7, 11) is 0. The van der Waals surface area contributed by atoms with Gasteiger partial charge < -0.3 is 4.79 Å². The highest BCUT2D eigenvalue weighted by Gasteiger charge is 2.65. The highest BCUT2D eigenvalue weighted by Crippen LogP contribution is 2.69. The second kappa shape index (κ2) is 5.50. The van der Waals surface area contributed by atoms with Crippen molar-refractivity contribution in [3.8, 4) is 0 Å². The third-order valence-corrected chi connectivity index (χ3v) is 8.92. The van der Waals surface area contributed by atoms with E-state index in [1.807, 2.05) is 6.08 Å². The molecule has 0 aromatic rings. The number of fused-ring (bicyclic) bond motifs is 5. The first-order valence-electron chi connectivity index (χ1n) is 10.1. The summed E-state index contributed by atoms with van der Waals surface area (Å²) < 4.78 is 0. The molecule has 26 heavy (non-hydrogen) atoms. The third-order valence-electron chi connectivity index (χ3n) is 8.92. The van der Waals surface area contributed by atoms with Gasteiger partial charge in [0.05, 0.1) is 5.41 Å². The standard InChI is InChI=1S/C23H30O3/c1-14-11-17-18(21(3)8-5-16(26)12-20(14)21)6-9-22(4)19(17)7-10-23(22,13-24)15(2)25/h11-13,17-19H,5-10H2,1-4H3/t17?,18?,19?,21-,22+,23+/m1/s1. The van der Waals surface area contributed by atoms with E-state index < -0.39 is 5.41 Å². The monoisotopic (exact) mass is 354 g/mol. The van der Waals surface area contributed by atoms with Crippen molar-refractivity contribution in [2.75, 3.05) is 0 Å². The Kier molecular flexibility index (Phi) is 3.78. The lowest BCUT2D eigenvalue weighted by atomic mass is 9.46.